The van der Waals surface area contributed by atoms with Crippen LogP contribution in [0.5, 0.6) is 5.88 Å². The number of carboxylic acids is 1. The lowest BCUT2D eigenvalue weighted by molar-refractivity contribution is -0.147. The van der Waals surface area contributed by atoms with E-state index < -0.39 is 17.5 Å². The summed E-state index contributed by atoms with van der Waals surface area (Å²) >= 11 is 0. The van der Waals surface area contributed by atoms with Gasteiger partial charge in [-0.15, -0.1) is 0 Å². The Hall–Kier alpha value is -2.31. The van der Waals surface area contributed by atoms with Crippen molar-refractivity contribution in [1.82, 2.24) is 9.88 Å². The fourth-order valence-corrected chi connectivity index (χ4v) is 1.67. The van der Waals surface area contributed by atoms with E-state index in [9.17, 15) is 14.7 Å². The number of nitrogens with one attached hydrogen (secondary N) is 1. The number of aromatic nitrogens is 1. The molecule has 0 aliphatic carbocycles. The molecule has 1 rings (SSSR count). The zero-order valence-corrected chi connectivity index (χ0v) is 12.0. The highest BCUT2D eigenvalue weighted by atomic mass is 16.5. The molecule has 1 aromatic rings. The molecule has 2 amide bonds. The summed E-state index contributed by atoms with van der Waals surface area (Å²) in [6, 6.07) is 2.74. The van der Waals surface area contributed by atoms with Gasteiger partial charge in [0.05, 0.1) is 19.0 Å². The number of carboxylic acid groups (broad SMARTS) is 1. The van der Waals surface area contributed by atoms with Gasteiger partial charge in [0.2, 0.25) is 5.88 Å². The van der Waals surface area contributed by atoms with E-state index in [1.54, 1.807) is 19.1 Å². The van der Waals surface area contributed by atoms with Gasteiger partial charge in [-0.1, -0.05) is 0 Å². The van der Waals surface area contributed by atoms with Gasteiger partial charge in [0.1, 0.15) is 5.54 Å². The van der Waals surface area contributed by atoms with E-state index >= 15 is 0 Å². The maximum atomic E-state index is 12.1. The lowest BCUT2D eigenvalue weighted by Gasteiger charge is -2.34. The Kier molecular flexibility index (Phi) is 4.90. The molecule has 0 bridgehead atoms. The number of rotatable bonds is 5. The number of urea groups is 1. The summed E-state index contributed by atoms with van der Waals surface area (Å²) in [6.07, 6.45) is 1.44. The number of likely N-dealkylation sites (N-methyl/N-ethyl adjacent to an activating group) is 1. The highest BCUT2D eigenvalue weighted by Gasteiger charge is 2.36. The van der Waals surface area contributed by atoms with E-state index in [-0.39, 0.29) is 6.54 Å². The van der Waals surface area contributed by atoms with Crippen LogP contribution in [-0.2, 0) is 4.79 Å². The monoisotopic (exact) mass is 281 g/mol. The van der Waals surface area contributed by atoms with Crippen molar-refractivity contribution in [2.75, 3.05) is 19.0 Å². The number of hydrogen-bond donors (Lipinski definition) is 2. The number of methoxy groups -OCH3 is 1. The molecule has 1 aromatic heterocycles. The molecule has 7 nitrogen and oxygen atoms in total. The Labute approximate surface area is 117 Å². The topological polar surface area (TPSA) is 91.8 Å². The summed E-state index contributed by atoms with van der Waals surface area (Å²) in [4.78, 5) is 28.5. The van der Waals surface area contributed by atoms with Crippen LogP contribution in [0.4, 0.5) is 10.5 Å². The molecule has 0 atom stereocenters. The molecule has 2 N–H and O–H groups in total. The molecular formula is C13H19N3O4. The molecule has 20 heavy (non-hydrogen) atoms. The number of hydrogen-bond acceptors (Lipinski definition) is 4. The molecule has 0 spiro atoms. The van der Waals surface area contributed by atoms with Crippen LogP contribution in [0.15, 0.2) is 18.3 Å². The number of anilines is 1. The van der Waals surface area contributed by atoms with Gasteiger partial charge in [0, 0.05) is 12.6 Å². The van der Waals surface area contributed by atoms with Crippen molar-refractivity contribution in [3.05, 3.63) is 18.3 Å². The summed E-state index contributed by atoms with van der Waals surface area (Å²) in [5, 5.41) is 11.8. The minimum Gasteiger partial charge on any atom is -0.481 e. The first kappa shape index (κ1) is 15.7. The fraction of sp³-hybridized carbons (Fsp3) is 0.462. The molecular weight excluding hydrogens is 262 g/mol. The van der Waals surface area contributed by atoms with Gasteiger partial charge in [-0.2, -0.15) is 0 Å². The Morgan fingerprint density at radius 2 is 2.10 bits per heavy atom. The molecule has 110 valence electrons. The molecule has 0 aliphatic heterocycles. The number of nitrogens with zero attached hydrogens (tertiary/aromatic N) is 2. The first-order valence-corrected chi connectivity index (χ1v) is 6.15. The minimum absolute atomic E-state index is 0.273. The minimum atomic E-state index is -1.29. The van der Waals surface area contributed by atoms with E-state index in [0.717, 1.165) is 0 Å². The summed E-state index contributed by atoms with van der Waals surface area (Å²) in [5.74, 6) is -0.636. The SMILES string of the molecule is CCN(C(=O)Nc1ccc(OC)nc1)C(C)(C)C(=O)O. The van der Waals surface area contributed by atoms with Crippen molar-refractivity contribution in [1.29, 1.82) is 0 Å². The van der Waals surface area contributed by atoms with Gasteiger partial charge in [-0.3, -0.25) is 0 Å². The van der Waals surface area contributed by atoms with Gasteiger partial charge in [-0.25, -0.2) is 14.6 Å². The molecule has 1 heterocycles. The molecule has 0 fully saturated rings. The average Bonchev–Trinajstić information content (AvgIpc) is 2.39. The Bertz CT molecular complexity index is 485. The average molecular weight is 281 g/mol. The van der Waals surface area contributed by atoms with E-state index in [1.165, 1.54) is 32.1 Å². The Morgan fingerprint density at radius 1 is 1.45 bits per heavy atom. The lowest BCUT2D eigenvalue weighted by Crippen LogP contribution is -2.54. The van der Waals surface area contributed by atoms with Crippen molar-refractivity contribution < 1.29 is 19.4 Å². The van der Waals surface area contributed by atoms with Crippen molar-refractivity contribution in [3.63, 3.8) is 0 Å². The Balaban J connectivity index is 2.84. The van der Waals surface area contributed by atoms with Crippen LogP contribution in [0, 0.1) is 0 Å². The highest BCUT2D eigenvalue weighted by Crippen LogP contribution is 2.17. The fourth-order valence-electron chi connectivity index (χ4n) is 1.67. The number of ether oxygens (including phenoxy) is 1. The van der Waals surface area contributed by atoms with E-state index in [4.69, 9.17) is 4.74 Å². The van der Waals surface area contributed by atoms with Crippen molar-refractivity contribution >= 4 is 17.7 Å². The maximum Gasteiger partial charge on any atom is 0.329 e. The molecule has 0 radical (unpaired) electrons. The van der Waals surface area contributed by atoms with Crippen LogP contribution < -0.4 is 10.1 Å². The van der Waals surface area contributed by atoms with Crippen LogP contribution in [0.1, 0.15) is 20.8 Å². The van der Waals surface area contributed by atoms with Gasteiger partial charge < -0.3 is 20.1 Å². The van der Waals surface area contributed by atoms with Crippen LogP contribution >= 0.6 is 0 Å². The van der Waals surface area contributed by atoms with Crippen molar-refractivity contribution in [2.24, 2.45) is 0 Å². The van der Waals surface area contributed by atoms with Gasteiger partial charge in [-0.05, 0) is 26.8 Å². The van der Waals surface area contributed by atoms with E-state index in [0.29, 0.717) is 11.6 Å². The van der Waals surface area contributed by atoms with Crippen LogP contribution in [0.25, 0.3) is 0 Å². The molecule has 0 aliphatic rings. The second kappa shape index (κ2) is 6.23. The van der Waals surface area contributed by atoms with Gasteiger partial charge in [0.25, 0.3) is 0 Å². The quantitative estimate of drug-likeness (QED) is 0.858. The van der Waals surface area contributed by atoms with Crippen LogP contribution in [0.2, 0.25) is 0 Å². The molecule has 7 heteroatoms. The summed E-state index contributed by atoms with van der Waals surface area (Å²) in [5.41, 5.74) is -0.825. The van der Waals surface area contributed by atoms with Crippen LogP contribution in [0.3, 0.4) is 0 Å². The third-order valence-corrected chi connectivity index (χ3v) is 2.96. The normalized spacial score (nSPS) is 10.8. The zero-order valence-electron chi connectivity index (χ0n) is 12.0. The standard InChI is InChI=1S/C13H19N3O4/c1-5-16(13(2,3)11(17)18)12(19)15-9-6-7-10(20-4)14-8-9/h6-8H,5H2,1-4H3,(H,15,19)(H,17,18). The maximum absolute atomic E-state index is 12.1. The second-order valence-corrected chi connectivity index (χ2v) is 4.63. The van der Waals surface area contributed by atoms with Crippen molar-refractivity contribution in [2.45, 2.75) is 26.3 Å². The predicted molar refractivity (Wildman–Crippen MR) is 73.9 cm³/mol. The predicted octanol–water partition coefficient (Wildman–Crippen LogP) is 1.81. The third kappa shape index (κ3) is 3.37. The second-order valence-electron chi connectivity index (χ2n) is 4.63. The number of carbonyl (C=O) groups excluding carboxylic acids is 1. The number of pyridine rings is 1. The first-order valence-electron chi connectivity index (χ1n) is 6.15. The molecule has 0 unspecified atom stereocenters. The van der Waals surface area contributed by atoms with Crippen LogP contribution in [-0.4, -0.2) is 46.2 Å². The van der Waals surface area contributed by atoms with E-state index in [1.807, 2.05) is 0 Å². The molecule has 0 saturated carbocycles. The largest absolute Gasteiger partial charge is 0.481 e. The summed E-state index contributed by atoms with van der Waals surface area (Å²) < 4.78 is 4.92. The third-order valence-electron chi connectivity index (χ3n) is 2.96. The zero-order chi connectivity index (χ0) is 15.3. The number of amides is 2. The summed E-state index contributed by atoms with van der Waals surface area (Å²) in [7, 11) is 1.49. The first-order chi connectivity index (χ1) is 9.32. The lowest BCUT2D eigenvalue weighted by atomic mass is 10.0. The molecule has 0 saturated heterocycles. The van der Waals surface area contributed by atoms with E-state index in [2.05, 4.69) is 10.3 Å². The smallest absolute Gasteiger partial charge is 0.329 e. The number of aliphatic carboxylic acids is 1. The molecule has 0 aromatic carbocycles. The Morgan fingerprint density at radius 3 is 2.50 bits per heavy atom. The van der Waals surface area contributed by atoms with Gasteiger partial charge in [0.15, 0.2) is 0 Å². The summed E-state index contributed by atoms with van der Waals surface area (Å²) in [6.45, 7) is 4.95. The van der Waals surface area contributed by atoms with Gasteiger partial charge >= 0.3 is 12.0 Å². The number of carbonyl (C=O) groups is 2. The van der Waals surface area contributed by atoms with Crippen molar-refractivity contribution in [3.8, 4) is 5.88 Å². The highest BCUT2D eigenvalue weighted by molar-refractivity contribution is 5.93.